The molecule has 1 aliphatic heterocycles. The number of carbonyl (C=O) groups is 2. The molecule has 1 heterocycles. The monoisotopic (exact) mass is 421 g/mol. The summed E-state index contributed by atoms with van der Waals surface area (Å²) < 4.78 is 11.1. The zero-order chi connectivity index (χ0) is 22.0. The summed E-state index contributed by atoms with van der Waals surface area (Å²) in [6, 6.07) is 10.8. The van der Waals surface area contributed by atoms with Gasteiger partial charge >= 0.3 is 0 Å². The number of nitrogens with two attached hydrogens (primary N) is 1. The third kappa shape index (κ3) is 4.08. The fraction of sp³-hybridized carbons (Fsp3) is 0.333. The summed E-state index contributed by atoms with van der Waals surface area (Å²) in [4.78, 5) is 27.5. The van der Waals surface area contributed by atoms with Gasteiger partial charge in [0.05, 0.1) is 31.0 Å². The average Bonchev–Trinajstić information content (AvgIpc) is 3.57. The van der Waals surface area contributed by atoms with Gasteiger partial charge in [0.25, 0.3) is 5.91 Å². The first-order valence-corrected chi connectivity index (χ1v) is 10.5. The molecule has 1 atom stereocenters. The van der Waals surface area contributed by atoms with E-state index < -0.39 is 0 Å². The number of anilines is 1. The van der Waals surface area contributed by atoms with Gasteiger partial charge in [0, 0.05) is 12.5 Å². The van der Waals surface area contributed by atoms with Crippen LogP contribution in [-0.4, -0.2) is 30.4 Å². The molecule has 0 bridgehead atoms. The Bertz CT molecular complexity index is 1030. The fourth-order valence-corrected chi connectivity index (χ4v) is 3.94. The SMILES string of the molecule is CCOc1cc(C(/C=C/N)N2Cc3cccc(NC(=O)C4CC4)c3C2=O)ccc1OC. The van der Waals surface area contributed by atoms with Crippen molar-refractivity contribution >= 4 is 17.5 Å². The Morgan fingerprint density at radius 3 is 2.77 bits per heavy atom. The van der Waals surface area contributed by atoms with Gasteiger partial charge in [-0.25, -0.2) is 0 Å². The molecule has 7 nitrogen and oxygen atoms in total. The van der Waals surface area contributed by atoms with E-state index in [1.165, 1.54) is 6.20 Å². The molecular formula is C24H27N3O4. The molecule has 3 N–H and O–H groups in total. The Balaban J connectivity index is 1.66. The number of rotatable bonds is 8. The molecule has 0 aromatic heterocycles. The highest BCUT2D eigenvalue weighted by molar-refractivity contribution is 6.07. The summed E-state index contributed by atoms with van der Waals surface area (Å²) in [6.45, 7) is 2.82. The van der Waals surface area contributed by atoms with Crippen LogP contribution in [0.15, 0.2) is 48.7 Å². The van der Waals surface area contributed by atoms with Gasteiger partial charge in [-0.15, -0.1) is 0 Å². The minimum absolute atomic E-state index is 0.0189. The predicted octanol–water partition coefficient (Wildman–Crippen LogP) is 3.61. The summed E-state index contributed by atoms with van der Waals surface area (Å²) >= 11 is 0. The van der Waals surface area contributed by atoms with Gasteiger partial charge in [-0.05, 0) is 61.4 Å². The molecule has 0 radical (unpaired) electrons. The van der Waals surface area contributed by atoms with Crippen molar-refractivity contribution in [2.24, 2.45) is 11.7 Å². The number of methoxy groups -OCH3 is 1. The van der Waals surface area contributed by atoms with Gasteiger partial charge < -0.3 is 25.4 Å². The van der Waals surface area contributed by atoms with E-state index in [0.29, 0.717) is 35.9 Å². The van der Waals surface area contributed by atoms with Crippen molar-refractivity contribution in [3.8, 4) is 11.5 Å². The number of ether oxygens (including phenoxy) is 2. The first-order valence-electron chi connectivity index (χ1n) is 10.5. The number of amides is 2. The van der Waals surface area contributed by atoms with Crippen LogP contribution in [0, 0.1) is 5.92 Å². The number of nitrogens with zero attached hydrogens (tertiary/aromatic N) is 1. The van der Waals surface area contributed by atoms with E-state index in [-0.39, 0.29) is 23.8 Å². The largest absolute Gasteiger partial charge is 0.493 e. The molecule has 31 heavy (non-hydrogen) atoms. The number of carbonyl (C=O) groups excluding carboxylic acids is 2. The minimum atomic E-state index is -0.387. The number of nitrogens with one attached hydrogen (secondary N) is 1. The maximum absolute atomic E-state index is 13.5. The van der Waals surface area contributed by atoms with Crippen molar-refractivity contribution in [1.82, 2.24) is 4.90 Å². The second kappa shape index (κ2) is 8.71. The van der Waals surface area contributed by atoms with Crippen molar-refractivity contribution < 1.29 is 19.1 Å². The molecule has 2 aromatic carbocycles. The van der Waals surface area contributed by atoms with Gasteiger partial charge in [0.2, 0.25) is 5.91 Å². The lowest BCUT2D eigenvalue weighted by Gasteiger charge is -2.26. The topological polar surface area (TPSA) is 93.9 Å². The molecule has 7 heteroatoms. The molecule has 1 saturated carbocycles. The second-order valence-electron chi connectivity index (χ2n) is 7.71. The van der Waals surface area contributed by atoms with Crippen LogP contribution in [0.5, 0.6) is 11.5 Å². The minimum Gasteiger partial charge on any atom is -0.493 e. The molecule has 2 aromatic rings. The maximum Gasteiger partial charge on any atom is 0.257 e. The van der Waals surface area contributed by atoms with E-state index in [9.17, 15) is 9.59 Å². The Kier molecular flexibility index (Phi) is 5.84. The number of benzene rings is 2. The fourth-order valence-electron chi connectivity index (χ4n) is 3.94. The molecule has 1 unspecified atom stereocenters. The third-order valence-electron chi connectivity index (χ3n) is 5.63. The van der Waals surface area contributed by atoms with E-state index >= 15 is 0 Å². The van der Waals surface area contributed by atoms with E-state index in [4.69, 9.17) is 15.2 Å². The highest BCUT2D eigenvalue weighted by Crippen LogP contribution is 2.39. The van der Waals surface area contributed by atoms with E-state index in [2.05, 4.69) is 5.32 Å². The first kappa shape index (κ1) is 20.8. The first-order chi connectivity index (χ1) is 15.1. The number of hydrogen-bond acceptors (Lipinski definition) is 5. The lowest BCUT2D eigenvalue weighted by Crippen LogP contribution is -2.28. The van der Waals surface area contributed by atoms with Crippen molar-refractivity contribution in [2.45, 2.75) is 32.4 Å². The van der Waals surface area contributed by atoms with Crippen LogP contribution in [0.4, 0.5) is 5.69 Å². The van der Waals surface area contributed by atoms with Crippen LogP contribution in [0.2, 0.25) is 0 Å². The van der Waals surface area contributed by atoms with Crippen molar-refractivity contribution in [3.05, 3.63) is 65.4 Å². The van der Waals surface area contributed by atoms with Crippen LogP contribution >= 0.6 is 0 Å². The third-order valence-corrected chi connectivity index (χ3v) is 5.63. The second-order valence-corrected chi connectivity index (χ2v) is 7.71. The van der Waals surface area contributed by atoms with Gasteiger partial charge in [-0.2, -0.15) is 0 Å². The van der Waals surface area contributed by atoms with Crippen LogP contribution in [0.25, 0.3) is 0 Å². The lowest BCUT2D eigenvalue weighted by molar-refractivity contribution is -0.117. The molecule has 162 valence electrons. The average molecular weight is 421 g/mol. The highest BCUT2D eigenvalue weighted by Gasteiger charge is 2.36. The molecule has 1 aliphatic carbocycles. The van der Waals surface area contributed by atoms with Gasteiger partial charge in [0.15, 0.2) is 11.5 Å². The van der Waals surface area contributed by atoms with Gasteiger partial charge in [-0.1, -0.05) is 18.2 Å². The molecule has 2 amide bonds. The quantitative estimate of drug-likeness (QED) is 0.679. The molecule has 1 fully saturated rings. The summed E-state index contributed by atoms with van der Waals surface area (Å²) in [6.07, 6.45) is 5.04. The number of hydrogen-bond donors (Lipinski definition) is 2. The van der Waals surface area contributed by atoms with Gasteiger partial charge in [0.1, 0.15) is 0 Å². The summed E-state index contributed by atoms with van der Waals surface area (Å²) in [5.74, 6) is 1.14. The van der Waals surface area contributed by atoms with E-state index in [0.717, 1.165) is 24.0 Å². The van der Waals surface area contributed by atoms with Crippen LogP contribution in [0.3, 0.4) is 0 Å². The predicted molar refractivity (Wildman–Crippen MR) is 118 cm³/mol. The molecular weight excluding hydrogens is 394 g/mol. The lowest BCUT2D eigenvalue weighted by atomic mass is 10.0. The van der Waals surface area contributed by atoms with Crippen LogP contribution < -0.4 is 20.5 Å². The molecule has 0 spiro atoms. The summed E-state index contributed by atoms with van der Waals surface area (Å²) in [7, 11) is 1.59. The Hall–Kier alpha value is -3.48. The Labute approximate surface area is 181 Å². The number of fused-ring (bicyclic) bond motifs is 1. The normalized spacial score (nSPS) is 16.3. The smallest absolute Gasteiger partial charge is 0.257 e. The molecule has 2 aliphatic rings. The standard InChI is InChI=1S/C24H27N3O4/c1-3-31-21-13-16(9-10-20(21)30-2)19(11-12-25)27-14-17-5-4-6-18(22(17)24(27)29)26-23(28)15-7-8-15/h4-6,9-13,15,19H,3,7-8,14,25H2,1-2H3,(H,26,28)/b12-11+. The van der Waals surface area contributed by atoms with Crippen LogP contribution in [0.1, 0.15) is 47.3 Å². The van der Waals surface area contributed by atoms with Crippen molar-refractivity contribution in [3.63, 3.8) is 0 Å². The maximum atomic E-state index is 13.5. The molecule has 4 rings (SSSR count). The van der Waals surface area contributed by atoms with Crippen LogP contribution in [-0.2, 0) is 11.3 Å². The zero-order valence-corrected chi connectivity index (χ0v) is 17.8. The summed E-state index contributed by atoms with van der Waals surface area (Å²) in [5, 5.41) is 2.94. The zero-order valence-electron chi connectivity index (χ0n) is 17.8. The Morgan fingerprint density at radius 2 is 2.10 bits per heavy atom. The van der Waals surface area contributed by atoms with E-state index in [1.54, 1.807) is 24.2 Å². The van der Waals surface area contributed by atoms with Crippen molar-refractivity contribution in [2.75, 3.05) is 19.0 Å². The highest BCUT2D eigenvalue weighted by atomic mass is 16.5. The van der Waals surface area contributed by atoms with Gasteiger partial charge in [-0.3, -0.25) is 9.59 Å². The Morgan fingerprint density at radius 1 is 1.29 bits per heavy atom. The molecule has 0 saturated heterocycles. The van der Waals surface area contributed by atoms with Crippen molar-refractivity contribution in [1.29, 1.82) is 0 Å². The summed E-state index contributed by atoms with van der Waals surface area (Å²) in [5.41, 5.74) is 8.60. The van der Waals surface area contributed by atoms with E-state index in [1.807, 2.05) is 37.3 Å².